The van der Waals surface area contributed by atoms with Crippen LogP contribution in [0.15, 0.2) is 6.20 Å². The summed E-state index contributed by atoms with van der Waals surface area (Å²) >= 11 is 1.70. The molecule has 6 rings (SSSR count). The predicted molar refractivity (Wildman–Crippen MR) is 109 cm³/mol. The molecule has 1 aliphatic heterocycles. The van der Waals surface area contributed by atoms with E-state index < -0.39 is 23.3 Å². The Bertz CT molecular complexity index is 813. The van der Waals surface area contributed by atoms with E-state index in [0.717, 1.165) is 49.3 Å². The van der Waals surface area contributed by atoms with Gasteiger partial charge in [-0.1, -0.05) is 0 Å². The Balaban J connectivity index is 1.43. The molecule has 5 nitrogen and oxygen atoms in total. The summed E-state index contributed by atoms with van der Waals surface area (Å²) in [5, 5.41) is 3.33. The van der Waals surface area contributed by atoms with Gasteiger partial charge in [0.2, 0.25) is 5.95 Å². The largest absolute Gasteiger partial charge is 0.434 e. The molecule has 0 radical (unpaired) electrons. The normalized spacial score (nSPS) is 33.4. The predicted octanol–water partition coefficient (Wildman–Crippen LogP) is 4.46. The van der Waals surface area contributed by atoms with Crippen molar-refractivity contribution >= 4 is 23.6 Å². The third kappa shape index (κ3) is 3.89. The summed E-state index contributed by atoms with van der Waals surface area (Å²) < 4.78 is 41.5. The van der Waals surface area contributed by atoms with Crippen molar-refractivity contribution in [1.82, 2.24) is 14.9 Å². The van der Waals surface area contributed by atoms with E-state index in [4.69, 9.17) is 0 Å². The van der Waals surface area contributed by atoms with Gasteiger partial charge in [-0.3, -0.25) is 4.79 Å². The zero-order chi connectivity index (χ0) is 20.9. The molecule has 4 bridgehead atoms. The molecule has 9 heteroatoms. The van der Waals surface area contributed by atoms with E-state index in [1.54, 1.807) is 11.8 Å². The summed E-state index contributed by atoms with van der Waals surface area (Å²) in [4.78, 5) is 22.3. The van der Waals surface area contributed by atoms with Crippen LogP contribution in [0, 0.1) is 17.8 Å². The Morgan fingerprint density at radius 3 is 2.47 bits per heavy atom. The van der Waals surface area contributed by atoms with Crippen LogP contribution in [0.1, 0.15) is 61.0 Å². The van der Waals surface area contributed by atoms with E-state index in [1.165, 1.54) is 24.2 Å². The minimum Gasteiger partial charge on any atom is -0.349 e. The number of alkyl halides is 3. The first-order valence-electron chi connectivity index (χ1n) is 10.9. The number of amides is 1. The van der Waals surface area contributed by atoms with Crippen LogP contribution in [0.4, 0.5) is 19.1 Å². The topological polar surface area (TPSA) is 58.1 Å². The maximum atomic E-state index is 13.8. The van der Waals surface area contributed by atoms with Gasteiger partial charge in [-0.2, -0.15) is 24.9 Å². The van der Waals surface area contributed by atoms with E-state index in [9.17, 15) is 18.0 Å². The molecule has 1 aromatic rings. The number of rotatable bonds is 3. The van der Waals surface area contributed by atoms with Gasteiger partial charge in [0.25, 0.3) is 5.91 Å². The third-order valence-corrected chi connectivity index (χ3v) is 8.30. The Kier molecular flexibility index (Phi) is 5.14. The van der Waals surface area contributed by atoms with Crippen molar-refractivity contribution in [2.75, 3.05) is 29.9 Å². The molecule has 0 aromatic carbocycles. The SMILES string of the molecule is O=C(c1cnc(NC23CCC4CC(CC(C4)C2)C3)nc1C(F)(F)F)N1CCSCC1. The van der Waals surface area contributed by atoms with Crippen molar-refractivity contribution in [2.24, 2.45) is 17.8 Å². The van der Waals surface area contributed by atoms with E-state index >= 15 is 0 Å². The Morgan fingerprint density at radius 2 is 1.80 bits per heavy atom. The maximum absolute atomic E-state index is 13.8. The van der Waals surface area contributed by atoms with E-state index in [0.29, 0.717) is 24.9 Å². The van der Waals surface area contributed by atoms with Gasteiger partial charge in [0.15, 0.2) is 5.69 Å². The summed E-state index contributed by atoms with van der Waals surface area (Å²) in [7, 11) is 0. The average Bonchev–Trinajstić information content (AvgIpc) is 2.90. The van der Waals surface area contributed by atoms with Crippen molar-refractivity contribution < 1.29 is 18.0 Å². The molecule has 30 heavy (non-hydrogen) atoms. The van der Waals surface area contributed by atoms with E-state index in [2.05, 4.69) is 15.3 Å². The number of anilines is 1. The van der Waals surface area contributed by atoms with Crippen LogP contribution in [-0.2, 0) is 6.18 Å². The lowest BCUT2D eigenvalue weighted by molar-refractivity contribution is -0.141. The zero-order valence-corrected chi connectivity index (χ0v) is 17.7. The molecular formula is C21H27F3N4OS. The van der Waals surface area contributed by atoms with Crippen molar-refractivity contribution in [3.8, 4) is 0 Å². The highest BCUT2D eigenvalue weighted by Gasteiger charge is 2.48. The molecule has 1 saturated heterocycles. The summed E-state index contributed by atoms with van der Waals surface area (Å²) in [6, 6.07) is 0. The first-order valence-corrected chi connectivity index (χ1v) is 12.1. The minimum absolute atomic E-state index is 0.00725. The molecule has 5 aliphatic rings. The molecule has 4 aliphatic carbocycles. The lowest BCUT2D eigenvalue weighted by Gasteiger charge is -2.45. The first-order chi connectivity index (χ1) is 14.3. The second-order valence-electron chi connectivity index (χ2n) is 9.52. The van der Waals surface area contributed by atoms with Gasteiger partial charge in [0, 0.05) is 36.3 Å². The Hall–Kier alpha value is -1.51. The number of halogens is 3. The monoisotopic (exact) mass is 440 g/mol. The molecule has 1 N–H and O–H groups in total. The highest BCUT2D eigenvalue weighted by Crippen LogP contribution is 2.53. The summed E-state index contributed by atoms with van der Waals surface area (Å²) in [5.74, 6) is 2.91. The second kappa shape index (κ2) is 7.57. The second-order valence-corrected chi connectivity index (χ2v) is 10.7. The van der Waals surface area contributed by atoms with Gasteiger partial charge >= 0.3 is 6.18 Å². The fourth-order valence-corrected chi connectivity index (χ4v) is 7.20. The lowest BCUT2D eigenvalue weighted by Crippen LogP contribution is -2.46. The van der Waals surface area contributed by atoms with Crippen molar-refractivity contribution in [2.45, 2.75) is 56.7 Å². The van der Waals surface area contributed by atoms with Crippen LogP contribution >= 0.6 is 11.8 Å². The van der Waals surface area contributed by atoms with Crippen molar-refractivity contribution in [3.63, 3.8) is 0 Å². The fourth-order valence-electron chi connectivity index (χ4n) is 6.30. The van der Waals surface area contributed by atoms with E-state index in [1.807, 2.05) is 0 Å². The van der Waals surface area contributed by atoms with Gasteiger partial charge in [-0.25, -0.2) is 9.97 Å². The van der Waals surface area contributed by atoms with Crippen LogP contribution in [-0.4, -0.2) is 50.9 Å². The third-order valence-electron chi connectivity index (χ3n) is 7.35. The van der Waals surface area contributed by atoms with Crippen LogP contribution in [0.25, 0.3) is 0 Å². The van der Waals surface area contributed by atoms with Gasteiger partial charge in [0.1, 0.15) is 0 Å². The summed E-state index contributed by atoms with van der Waals surface area (Å²) in [5.41, 5.74) is -1.77. The Morgan fingerprint density at radius 1 is 1.13 bits per heavy atom. The molecule has 2 unspecified atom stereocenters. The summed E-state index contributed by atoms with van der Waals surface area (Å²) in [6.45, 7) is 0.904. The highest BCUT2D eigenvalue weighted by molar-refractivity contribution is 7.99. The molecular weight excluding hydrogens is 413 g/mol. The van der Waals surface area contributed by atoms with Gasteiger partial charge < -0.3 is 10.2 Å². The average molecular weight is 441 g/mol. The van der Waals surface area contributed by atoms with Crippen LogP contribution in [0.3, 0.4) is 0 Å². The maximum Gasteiger partial charge on any atom is 0.434 e. The number of nitrogens with zero attached hydrogens (tertiary/aromatic N) is 3. The molecule has 5 fully saturated rings. The number of carbonyl (C=O) groups is 1. The number of carbonyl (C=O) groups excluding carboxylic acids is 1. The Labute approximate surface area is 178 Å². The van der Waals surface area contributed by atoms with Crippen LogP contribution in [0.2, 0.25) is 0 Å². The number of thioether (sulfide) groups is 1. The van der Waals surface area contributed by atoms with Crippen molar-refractivity contribution in [3.05, 3.63) is 17.5 Å². The molecule has 2 heterocycles. The number of aromatic nitrogens is 2. The number of hydrogen-bond acceptors (Lipinski definition) is 5. The number of nitrogens with one attached hydrogen (secondary N) is 1. The zero-order valence-electron chi connectivity index (χ0n) is 16.9. The summed E-state index contributed by atoms with van der Waals surface area (Å²) in [6.07, 6.45) is 4.16. The lowest BCUT2D eigenvalue weighted by atomic mass is 9.65. The highest BCUT2D eigenvalue weighted by atomic mass is 32.2. The first kappa shape index (κ1) is 20.4. The van der Waals surface area contributed by atoms with Crippen LogP contribution in [0.5, 0.6) is 0 Å². The molecule has 1 aromatic heterocycles. The van der Waals surface area contributed by atoms with Crippen molar-refractivity contribution in [1.29, 1.82) is 0 Å². The molecule has 2 atom stereocenters. The quantitative estimate of drug-likeness (QED) is 0.752. The van der Waals surface area contributed by atoms with Crippen LogP contribution < -0.4 is 5.32 Å². The fraction of sp³-hybridized carbons (Fsp3) is 0.762. The molecule has 164 valence electrons. The van der Waals surface area contributed by atoms with Gasteiger partial charge in [-0.15, -0.1) is 0 Å². The van der Waals surface area contributed by atoms with E-state index in [-0.39, 0.29) is 11.5 Å². The smallest absolute Gasteiger partial charge is 0.349 e. The number of fused-ring (bicyclic) bond motifs is 1. The molecule has 0 spiro atoms. The standard InChI is InChI=1S/C21H27F3N4OS/c22-21(23,24)17-16(18(29)28-3-5-30-6-4-28)12-25-19(26-17)27-20-2-1-13-7-14(10-20)9-15(8-13)11-20/h12-15H,1-11H2,(H,25,26,27). The minimum atomic E-state index is -4.70. The molecule has 1 amide bonds. The van der Waals surface area contributed by atoms with Gasteiger partial charge in [-0.05, 0) is 62.7 Å². The van der Waals surface area contributed by atoms with Gasteiger partial charge in [0.05, 0.1) is 5.56 Å². The molecule has 4 saturated carbocycles. The number of hydrogen-bond donors (Lipinski definition) is 1.